The molecule has 0 spiro atoms. The van der Waals surface area contributed by atoms with Crippen LogP contribution >= 0.6 is 0 Å². The zero-order valence-electron chi connectivity index (χ0n) is 11.4. The van der Waals surface area contributed by atoms with Gasteiger partial charge in [0.2, 0.25) is 0 Å². The van der Waals surface area contributed by atoms with Gasteiger partial charge < -0.3 is 5.73 Å². The van der Waals surface area contributed by atoms with E-state index in [-0.39, 0.29) is 6.04 Å². The second kappa shape index (κ2) is 4.90. The molecule has 0 amide bonds. The Hall–Kier alpha value is -1.68. The van der Waals surface area contributed by atoms with Crippen LogP contribution in [0.25, 0.3) is 5.82 Å². The summed E-state index contributed by atoms with van der Waals surface area (Å²) in [5, 5.41) is 4.57. The lowest BCUT2D eigenvalue weighted by molar-refractivity contribution is 0.780. The zero-order valence-corrected chi connectivity index (χ0v) is 11.4. The van der Waals surface area contributed by atoms with Gasteiger partial charge in [-0.15, -0.1) is 0 Å². The molecule has 1 atom stereocenters. The summed E-state index contributed by atoms with van der Waals surface area (Å²) in [7, 11) is 0. The van der Waals surface area contributed by atoms with Gasteiger partial charge in [0, 0.05) is 17.9 Å². The molecule has 4 heteroatoms. The predicted molar refractivity (Wildman–Crippen MR) is 72.8 cm³/mol. The molecule has 0 aromatic carbocycles. The van der Waals surface area contributed by atoms with E-state index in [1.54, 1.807) is 6.20 Å². The van der Waals surface area contributed by atoms with Crippen molar-refractivity contribution in [2.24, 2.45) is 5.73 Å². The number of rotatable bonds is 3. The van der Waals surface area contributed by atoms with Crippen LogP contribution in [-0.2, 0) is 6.42 Å². The monoisotopic (exact) mass is 244 g/mol. The van der Waals surface area contributed by atoms with E-state index in [0.717, 1.165) is 29.2 Å². The summed E-state index contributed by atoms with van der Waals surface area (Å²) in [6, 6.07) is 3.96. The van der Waals surface area contributed by atoms with Gasteiger partial charge in [0.05, 0.1) is 5.69 Å². The fourth-order valence-corrected chi connectivity index (χ4v) is 2.24. The molecule has 4 nitrogen and oxygen atoms in total. The highest BCUT2D eigenvalue weighted by molar-refractivity contribution is 5.35. The van der Waals surface area contributed by atoms with E-state index in [9.17, 15) is 0 Å². The topological polar surface area (TPSA) is 56.7 Å². The second-order valence-electron chi connectivity index (χ2n) is 4.65. The summed E-state index contributed by atoms with van der Waals surface area (Å²) >= 11 is 0. The SMILES string of the molecule is CCc1c(C)nn(-c2cc([C@@H](C)N)ccn2)c1C. The Kier molecular flexibility index (Phi) is 3.48. The van der Waals surface area contributed by atoms with Gasteiger partial charge in [-0.2, -0.15) is 5.10 Å². The molecule has 96 valence electrons. The Bertz CT molecular complexity index is 555. The molecule has 2 aromatic rings. The van der Waals surface area contributed by atoms with E-state index in [0.29, 0.717) is 0 Å². The average Bonchev–Trinajstić information content (AvgIpc) is 2.64. The van der Waals surface area contributed by atoms with E-state index in [1.165, 1.54) is 5.56 Å². The minimum absolute atomic E-state index is 0.00867. The van der Waals surface area contributed by atoms with Crippen molar-refractivity contribution >= 4 is 0 Å². The highest BCUT2D eigenvalue weighted by Crippen LogP contribution is 2.19. The van der Waals surface area contributed by atoms with Crippen molar-refractivity contribution in [3.63, 3.8) is 0 Å². The number of aromatic nitrogens is 3. The first kappa shape index (κ1) is 12.8. The summed E-state index contributed by atoms with van der Waals surface area (Å²) in [6.45, 7) is 8.24. The Morgan fingerprint density at radius 3 is 2.67 bits per heavy atom. The van der Waals surface area contributed by atoms with Crippen LogP contribution in [0.4, 0.5) is 0 Å². The Morgan fingerprint density at radius 1 is 1.39 bits per heavy atom. The molecule has 2 heterocycles. The van der Waals surface area contributed by atoms with Crippen LogP contribution in [0, 0.1) is 13.8 Å². The van der Waals surface area contributed by atoms with Crippen LogP contribution in [0.1, 0.15) is 42.4 Å². The van der Waals surface area contributed by atoms with E-state index in [1.807, 2.05) is 30.7 Å². The molecule has 18 heavy (non-hydrogen) atoms. The maximum atomic E-state index is 5.90. The van der Waals surface area contributed by atoms with Crippen LogP contribution in [0.5, 0.6) is 0 Å². The molecule has 2 aromatic heterocycles. The van der Waals surface area contributed by atoms with Gasteiger partial charge in [0.1, 0.15) is 0 Å². The molecular formula is C14H20N4. The lowest BCUT2D eigenvalue weighted by atomic mass is 10.1. The Labute approximate surface area is 108 Å². The van der Waals surface area contributed by atoms with Crippen LogP contribution < -0.4 is 5.73 Å². The summed E-state index contributed by atoms with van der Waals surface area (Å²) in [5.74, 6) is 0.838. The summed E-state index contributed by atoms with van der Waals surface area (Å²) in [6.07, 6.45) is 2.78. The fourth-order valence-electron chi connectivity index (χ4n) is 2.24. The molecule has 0 unspecified atom stereocenters. The van der Waals surface area contributed by atoms with Crippen molar-refractivity contribution < 1.29 is 0 Å². The van der Waals surface area contributed by atoms with Gasteiger partial charge in [-0.1, -0.05) is 6.92 Å². The smallest absolute Gasteiger partial charge is 0.153 e. The second-order valence-corrected chi connectivity index (χ2v) is 4.65. The van der Waals surface area contributed by atoms with Crippen molar-refractivity contribution in [1.82, 2.24) is 14.8 Å². The molecular weight excluding hydrogens is 224 g/mol. The van der Waals surface area contributed by atoms with E-state index >= 15 is 0 Å². The number of hydrogen-bond acceptors (Lipinski definition) is 3. The minimum atomic E-state index is 0.00867. The average molecular weight is 244 g/mol. The molecule has 0 fully saturated rings. The highest BCUT2D eigenvalue weighted by Gasteiger charge is 2.12. The normalized spacial score (nSPS) is 12.7. The molecule has 2 N–H and O–H groups in total. The quantitative estimate of drug-likeness (QED) is 0.902. The number of pyridine rings is 1. The number of hydrogen-bond donors (Lipinski definition) is 1. The first-order chi connectivity index (χ1) is 8.54. The lowest BCUT2D eigenvalue weighted by Gasteiger charge is -2.08. The number of aryl methyl sites for hydroxylation is 1. The van der Waals surface area contributed by atoms with Gasteiger partial charge in [-0.3, -0.25) is 0 Å². The zero-order chi connectivity index (χ0) is 13.3. The van der Waals surface area contributed by atoms with Crippen molar-refractivity contribution in [3.8, 4) is 5.82 Å². The summed E-state index contributed by atoms with van der Waals surface area (Å²) < 4.78 is 1.90. The molecule has 0 radical (unpaired) electrons. The van der Waals surface area contributed by atoms with E-state index in [2.05, 4.69) is 23.9 Å². The first-order valence-electron chi connectivity index (χ1n) is 6.31. The first-order valence-corrected chi connectivity index (χ1v) is 6.31. The van der Waals surface area contributed by atoms with Crippen molar-refractivity contribution in [2.75, 3.05) is 0 Å². The predicted octanol–water partition coefficient (Wildman–Crippen LogP) is 2.47. The Morgan fingerprint density at radius 2 is 2.11 bits per heavy atom. The fraction of sp³-hybridized carbons (Fsp3) is 0.429. The standard InChI is InChI=1S/C14H20N4/c1-5-13-10(3)17-18(11(13)4)14-8-12(9(2)15)6-7-16-14/h6-9H,5,15H2,1-4H3/t9-/m1/s1. The highest BCUT2D eigenvalue weighted by atomic mass is 15.3. The van der Waals surface area contributed by atoms with Crippen LogP contribution in [-0.4, -0.2) is 14.8 Å². The molecule has 0 aliphatic heterocycles. The van der Waals surface area contributed by atoms with Crippen molar-refractivity contribution in [3.05, 3.63) is 40.8 Å². The molecule has 2 rings (SSSR count). The summed E-state index contributed by atoms with van der Waals surface area (Å²) in [5.41, 5.74) is 10.5. The molecule has 0 aliphatic rings. The van der Waals surface area contributed by atoms with E-state index in [4.69, 9.17) is 5.73 Å². The van der Waals surface area contributed by atoms with Crippen LogP contribution in [0.15, 0.2) is 18.3 Å². The molecule has 0 saturated carbocycles. The van der Waals surface area contributed by atoms with Crippen molar-refractivity contribution in [1.29, 1.82) is 0 Å². The van der Waals surface area contributed by atoms with Crippen LogP contribution in [0.3, 0.4) is 0 Å². The van der Waals surface area contributed by atoms with Gasteiger partial charge in [0.25, 0.3) is 0 Å². The minimum Gasteiger partial charge on any atom is -0.324 e. The summed E-state index contributed by atoms with van der Waals surface area (Å²) in [4.78, 5) is 4.39. The number of nitrogens with zero attached hydrogens (tertiary/aromatic N) is 3. The van der Waals surface area contributed by atoms with Gasteiger partial charge in [-0.25, -0.2) is 9.67 Å². The molecule has 0 aliphatic carbocycles. The third-order valence-corrected chi connectivity index (χ3v) is 3.31. The third kappa shape index (κ3) is 2.16. The lowest BCUT2D eigenvalue weighted by Crippen LogP contribution is -2.08. The molecule has 0 bridgehead atoms. The van der Waals surface area contributed by atoms with Crippen molar-refractivity contribution in [2.45, 2.75) is 40.2 Å². The maximum Gasteiger partial charge on any atom is 0.153 e. The molecule has 0 saturated heterocycles. The number of nitrogens with two attached hydrogens (primary N) is 1. The van der Waals surface area contributed by atoms with Gasteiger partial charge in [-0.05, 0) is 50.5 Å². The Balaban J connectivity index is 2.52. The van der Waals surface area contributed by atoms with Gasteiger partial charge in [0.15, 0.2) is 5.82 Å². The van der Waals surface area contributed by atoms with E-state index < -0.39 is 0 Å². The van der Waals surface area contributed by atoms with Crippen LogP contribution in [0.2, 0.25) is 0 Å². The third-order valence-electron chi connectivity index (χ3n) is 3.31. The maximum absolute atomic E-state index is 5.90. The largest absolute Gasteiger partial charge is 0.324 e. The van der Waals surface area contributed by atoms with Gasteiger partial charge >= 0.3 is 0 Å².